The number of nitrogens with one attached hydrogen (secondary N) is 4. The average Bonchev–Trinajstić information content (AvgIpc) is 0.767. The standard InChI is InChI=1S/C29H33BrF6N4O6.C18H24F3NO3.C12H12BrF3N2O4/c1-8-19(45-25(2,3)4)27(29(34,35)36,44-15-16-12-10-9-11-13-16)23(42)40-39-22(41)20-18(37-24(43)46-26(5,6)7)14-17(21(30)38-20)28(31,32)33;1-5-15(25-16(2,3)4)17(14(23)11-22,18(19,20)21)24-12-13-9-7-6-8-10-13;1-11(2,3)22-10(21)17-6-4-5(12(14,15)16)8(13)18-7(6)9(19)20/h8-14,19H,1,15H2,2-7H3,(H,37,43)(H,39,41)(H,40,42);5-10,15H,1,11-12,22H2,2-4H3;4H,1-3H3,(H,17,21)(H,19,20). The van der Waals surface area contributed by atoms with Gasteiger partial charge in [-0.1, -0.05) is 72.8 Å². The van der Waals surface area contributed by atoms with Crippen LogP contribution < -0.4 is 27.2 Å². The highest BCUT2D eigenvalue weighted by atomic mass is 79.9. The second-order valence-electron chi connectivity index (χ2n) is 23.3. The van der Waals surface area contributed by atoms with Gasteiger partial charge in [0, 0.05) is 0 Å². The van der Waals surface area contributed by atoms with Gasteiger partial charge >= 0.3 is 42.9 Å². The van der Waals surface area contributed by atoms with Crippen molar-refractivity contribution in [3.63, 3.8) is 0 Å². The van der Waals surface area contributed by atoms with Crippen molar-refractivity contribution >= 4 is 79.0 Å². The number of benzene rings is 2. The summed E-state index contributed by atoms with van der Waals surface area (Å²) >= 11 is 5.16. The molecule has 0 fully saturated rings. The van der Waals surface area contributed by atoms with E-state index in [1.54, 1.807) is 88.8 Å². The highest BCUT2D eigenvalue weighted by Crippen LogP contribution is 2.44. The van der Waals surface area contributed by atoms with Gasteiger partial charge in [0.25, 0.3) is 23.0 Å². The Kier molecular flexibility index (Phi) is 28.4. The lowest BCUT2D eigenvalue weighted by Crippen LogP contribution is -2.68. The number of ketones is 1. The fourth-order valence-electron chi connectivity index (χ4n) is 7.42. The Morgan fingerprint density at radius 2 is 0.892 bits per heavy atom. The molecule has 0 saturated heterocycles. The number of nitrogens with two attached hydrogens (primary N) is 1. The van der Waals surface area contributed by atoms with Gasteiger partial charge in [0.05, 0.1) is 53.5 Å². The number of hydrogen-bond donors (Lipinski definition) is 6. The Morgan fingerprint density at radius 3 is 1.20 bits per heavy atom. The van der Waals surface area contributed by atoms with E-state index in [2.05, 4.69) is 55.0 Å². The number of alkyl halides is 12. The SMILES string of the molecule is C=CC(OC(C)(C)C)C(OCc1ccccc1)(C(=O)CN)C(F)(F)F.C=CC(OC(C)(C)C)C(OCc1ccccc1)(C(=O)NNC(=O)c1nc(Br)c(C(F)(F)F)cc1NC(=O)OC(C)(C)C)C(F)(F)F.CC(C)(C)OC(=O)Nc1cc(C(F)(F)F)c(Br)nc1C(=O)O. The molecule has 0 aliphatic heterocycles. The number of aromatic carboxylic acids is 1. The van der Waals surface area contributed by atoms with Crippen LogP contribution in [0.1, 0.15) is 126 Å². The van der Waals surface area contributed by atoms with Crippen molar-refractivity contribution in [3.8, 4) is 0 Å². The fourth-order valence-corrected chi connectivity index (χ4v) is 8.45. The van der Waals surface area contributed by atoms with E-state index in [0.29, 0.717) is 23.8 Å². The zero-order chi connectivity index (χ0) is 71.9. The lowest BCUT2D eigenvalue weighted by molar-refractivity contribution is -0.303. The molecule has 20 nitrogen and oxygen atoms in total. The molecule has 0 aliphatic rings. The number of hydrazine groups is 1. The number of aromatic nitrogens is 2. The van der Waals surface area contributed by atoms with Crippen LogP contribution in [0.4, 0.5) is 73.6 Å². The Hall–Kier alpha value is -7.24. The van der Waals surface area contributed by atoms with Gasteiger partial charge in [0.1, 0.15) is 32.6 Å². The van der Waals surface area contributed by atoms with Crippen LogP contribution in [0.3, 0.4) is 0 Å². The predicted molar refractivity (Wildman–Crippen MR) is 320 cm³/mol. The molecule has 4 aromatic rings. The smallest absolute Gasteiger partial charge is 0.429 e. The van der Waals surface area contributed by atoms with Crippen molar-refractivity contribution < 1.29 is 115 Å². The highest BCUT2D eigenvalue weighted by Gasteiger charge is 2.68. The number of anilines is 2. The van der Waals surface area contributed by atoms with Gasteiger partial charge in [-0.25, -0.2) is 24.4 Å². The second kappa shape index (κ2) is 32.3. The predicted octanol–water partition coefficient (Wildman–Crippen LogP) is 14.2. The molecule has 2 heterocycles. The number of pyridine rings is 2. The van der Waals surface area contributed by atoms with E-state index in [0.717, 1.165) is 6.08 Å². The number of ether oxygens (including phenoxy) is 6. The molecule has 93 heavy (non-hydrogen) atoms. The highest BCUT2D eigenvalue weighted by molar-refractivity contribution is 9.10. The van der Waals surface area contributed by atoms with Crippen LogP contribution in [0.5, 0.6) is 0 Å². The number of hydrogen-bond acceptors (Lipinski definition) is 15. The maximum atomic E-state index is 14.9. The van der Waals surface area contributed by atoms with Gasteiger partial charge in [-0.2, -0.15) is 52.7 Å². The Bertz CT molecular complexity index is 3260. The first kappa shape index (κ1) is 81.9. The lowest BCUT2D eigenvalue weighted by Gasteiger charge is -2.41. The Morgan fingerprint density at radius 1 is 0.548 bits per heavy atom. The van der Waals surface area contributed by atoms with Crippen LogP contribution in [0.2, 0.25) is 0 Å². The molecule has 0 aliphatic carbocycles. The van der Waals surface area contributed by atoms with E-state index in [1.165, 1.54) is 65.8 Å². The van der Waals surface area contributed by atoms with Gasteiger partial charge in [0.2, 0.25) is 0 Å². The largest absolute Gasteiger partial charge is 0.476 e. The van der Waals surface area contributed by atoms with Crippen molar-refractivity contribution in [2.24, 2.45) is 5.73 Å². The molecule has 4 rings (SSSR count). The van der Waals surface area contributed by atoms with Crippen molar-refractivity contribution in [2.75, 3.05) is 17.2 Å². The van der Waals surface area contributed by atoms with Crippen LogP contribution in [0.25, 0.3) is 0 Å². The van der Waals surface area contributed by atoms with E-state index in [1.807, 2.05) is 10.6 Å². The van der Waals surface area contributed by atoms with Gasteiger partial charge in [-0.05, 0) is 138 Å². The van der Waals surface area contributed by atoms with E-state index in [4.69, 9.17) is 39.3 Å². The summed E-state index contributed by atoms with van der Waals surface area (Å²) in [6, 6.07) is 16.6. The van der Waals surface area contributed by atoms with Crippen molar-refractivity contribution in [1.82, 2.24) is 20.8 Å². The first-order valence-corrected chi connectivity index (χ1v) is 28.5. The summed E-state index contributed by atoms with van der Waals surface area (Å²) in [6.45, 7) is 22.8. The Labute approximate surface area is 543 Å². The van der Waals surface area contributed by atoms with Crippen molar-refractivity contribution in [3.05, 3.63) is 141 Å². The summed E-state index contributed by atoms with van der Waals surface area (Å²) < 4.78 is 196. The van der Waals surface area contributed by atoms with Crippen molar-refractivity contribution in [1.29, 1.82) is 0 Å². The third-order valence-electron chi connectivity index (χ3n) is 11.1. The maximum absolute atomic E-state index is 14.9. The number of carboxylic acids is 1. The van der Waals surface area contributed by atoms with Crippen LogP contribution in [-0.4, -0.2) is 116 Å². The monoisotopic (exact) mass is 1470 g/mol. The summed E-state index contributed by atoms with van der Waals surface area (Å²) in [5.41, 5.74) is -7.69. The van der Waals surface area contributed by atoms with Crippen LogP contribution in [-0.2, 0) is 63.6 Å². The summed E-state index contributed by atoms with van der Waals surface area (Å²) in [5.74, 6) is -6.39. The number of Topliss-reactive ketones (excluding diaryl/α,β-unsaturated/α-hetero) is 1. The first-order valence-electron chi connectivity index (χ1n) is 26.9. The molecule has 4 atom stereocenters. The summed E-state index contributed by atoms with van der Waals surface area (Å²) in [5, 5.41) is 12.9. The molecule has 0 radical (unpaired) electrons. The van der Waals surface area contributed by atoms with Crippen LogP contribution in [0.15, 0.2) is 107 Å². The summed E-state index contributed by atoms with van der Waals surface area (Å²) in [7, 11) is 0. The molecule has 2 aromatic carbocycles. The minimum atomic E-state index is -5.49. The van der Waals surface area contributed by atoms with Crippen LogP contribution in [0, 0.1) is 0 Å². The quantitative estimate of drug-likeness (QED) is 0.0220. The Balaban J connectivity index is 0.000000526. The van der Waals surface area contributed by atoms with Gasteiger partial charge in [0.15, 0.2) is 17.2 Å². The maximum Gasteiger partial charge on any atom is 0.429 e. The minimum absolute atomic E-state index is 0.253. The lowest BCUT2D eigenvalue weighted by atomic mass is 9.89. The minimum Gasteiger partial charge on any atom is -0.476 e. The van der Waals surface area contributed by atoms with Crippen molar-refractivity contribution in [2.45, 2.75) is 167 Å². The molecule has 516 valence electrons. The molecule has 0 bridgehead atoms. The number of rotatable bonds is 19. The molecule has 34 heteroatoms. The molecule has 2 aromatic heterocycles. The molecular weight excluding hydrogens is 1400 g/mol. The number of carbonyl (C=O) groups excluding carboxylic acids is 5. The molecule has 0 spiro atoms. The molecule has 4 unspecified atom stereocenters. The topological polar surface area (TPSA) is 278 Å². The molecule has 4 amide bonds. The van der Waals surface area contributed by atoms with E-state index in [-0.39, 0.29) is 5.56 Å². The zero-order valence-electron chi connectivity index (χ0n) is 51.9. The third-order valence-corrected chi connectivity index (χ3v) is 12.3. The fraction of sp³-hybridized carbons (Fsp3) is 0.458. The second-order valence-corrected chi connectivity index (χ2v) is 24.8. The first-order chi connectivity index (χ1) is 42.2. The van der Waals surface area contributed by atoms with Gasteiger partial charge < -0.3 is 39.3 Å². The van der Waals surface area contributed by atoms with E-state index < -0.39 is 169 Å². The molecule has 7 N–H and O–H groups in total. The molecular formula is C59H69Br2F12N7O13. The summed E-state index contributed by atoms with van der Waals surface area (Å²) in [6.07, 6.45) is -24.9. The van der Waals surface area contributed by atoms with Crippen LogP contribution >= 0.6 is 31.9 Å². The number of amides is 4. The number of carboxylic acid groups (broad SMARTS) is 1. The zero-order valence-corrected chi connectivity index (χ0v) is 55.1. The number of halogens is 14. The van der Waals surface area contributed by atoms with Gasteiger partial charge in [-0.3, -0.25) is 35.9 Å². The van der Waals surface area contributed by atoms with Gasteiger partial charge in [-0.15, -0.1) is 13.2 Å². The number of carbonyl (C=O) groups is 6. The summed E-state index contributed by atoms with van der Waals surface area (Å²) in [4.78, 5) is 80.7. The van der Waals surface area contributed by atoms with E-state index >= 15 is 0 Å². The average molecular weight is 1470 g/mol. The van der Waals surface area contributed by atoms with E-state index in [9.17, 15) is 81.5 Å². The normalized spacial score (nSPS) is 14.3. The molecule has 0 saturated carbocycles. The third kappa shape index (κ3) is 24.6. The number of nitrogens with zero attached hydrogens (tertiary/aromatic N) is 2.